The van der Waals surface area contributed by atoms with E-state index >= 15 is 8.78 Å². The monoisotopic (exact) mass is 776 g/mol. The summed E-state index contributed by atoms with van der Waals surface area (Å²) in [6, 6.07) is 4.48. The molecule has 16 heteroatoms. The second-order valence-corrected chi connectivity index (χ2v) is 17.4. The van der Waals surface area contributed by atoms with E-state index in [9.17, 15) is 14.9 Å². The van der Waals surface area contributed by atoms with Crippen LogP contribution in [0.4, 0.5) is 29.2 Å². The summed E-state index contributed by atoms with van der Waals surface area (Å²) in [7, 11) is 0. The molecule has 2 aromatic carbocycles. The van der Waals surface area contributed by atoms with E-state index in [-0.39, 0.29) is 76.6 Å². The first kappa shape index (κ1) is 37.1. The normalized spacial score (nSPS) is 20.7. The zero-order chi connectivity index (χ0) is 39.0. The fraction of sp³-hybridized carbons (Fsp3) is 0.513. The van der Waals surface area contributed by atoms with Crippen LogP contribution in [-0.4, -0.2) is 82.7 Å². The Labute approximate surface area is 320 Å². The number of likely N-dealkylation sites (tertiary alicyclic amines) is 1. The molecule has 2 amide bonds. The number of nitrogens with zero attached hydrogens (tertiary/aromatic N) is 5. The molecule has 3 fully saturated rings. The number of carbonyl (C=O) groups excluding carboxylic acids is 2. The van der Waals surface area contributed by atoms with Crippen LogP contribution in [0.1, 0.15) is 77.5 Å². The molecule has 0 aliphatic carbocycles. The number of piperidine rings is 1. The molecular formula is C39H42F2N6O7S. The van der Waals surface area contributed by atoms with E-state index in [4.69, 9.17) is 28.7 Å². The Balaban J connectivity index is 1.27. The van der Waals surface area contributed by atoms with E-state index in [1.165, 1.54) is 12.1 Å². The Hall–Kier alpha value is -4.85. The predicted octanol–water partition coefficient (Wildman–Crippen LogP) is 7.79. The van der Waals surface area contributed by atoms with E-state index in [0.29, 0.717) is 46.7 Å². The van der Waals surface area contributed by atoms with Gasteiger partial charge in [-0.15, -0.1) is 11.3 Å². The number of piperazine rings is 1. The summed E-state index contributed by atoms with van der Waals surface area (Å²) in [5.41, 5.74) is -0.791. The third kappa shape index (κ3) is 6.87. The molecule has 4 aliphatic rings. The maximum Gasteiger partial charge on any atom is 0.412 e. The fourth-order valence-corrected chi connectivity index (χ4v) is 8.93. The van der Waals surface area contributed by atoms with Crippen LogP contribution in [0.25, 0.3) is 32.1 Å². The van der Waals surface area contributed by atoms with E-state index in [0.717, 1.165) is 30.6 Å². The first-order chi connectivity index (χ1) is 26.1. The van der Waals surface area contributed by atoms with Crippen LogP contribution in [-0.2, 0) is 32.2 Å². The van der Waals surface area contributed by atoms with Crippen LogP contribution in [0.15, 0.2) is 12.1 Å². The van der Waals surface area contributed by atoms with Gasteiger partial charge in [0.25, 0.3) is 0 Å². The predicted molar refractivity (Wildman–Crippen MR) is 200 cm³/mol. The summed E-state index contributed by atoms with van der Waals surface area (Å²) in [6.45, 7) is 12.2. The van der Waals surface area contributed by atoms with Crippen LogP contribution < -0.4 is 15.0 Å². The average molecular weight is 777 g/mol. The Kier molecular flexibility index (Phi) is 9.25. The van der Waals surface area contributed by atoms with Crippen LogP contribution in [0, 0.1) is 23.0 Å². The van der Waals surface area contributed by atoms with Crippen molar-refractivity contribution < 1.29 is 42.1 Å². The fourth-order valence-electron chi connectivity index (χ4n) is 7.88. The highest BCUT2D eigenvalue weighted by Gasteiger charge is 2.49. The summed E-state index contributed by atoms with van der Waals surface area (Å²) in [5, 5.41) is 13.7. The van der Waals surface area contributed by atoms with Gasteiger partial charge in [0.15, 0.2) is 5.82 Å². The van der Waals surface area contributed by atoms with Gasteiger partial charge >= 0.3 is 18.2 Å². The Morgan fingerprint density at radius 3 is 2.42 bits per heavy atom. The van der Waals surface area contributed by atoms with Crippen molar-refractivity contribution in [2.75, 3.05) is 36.5 Å². The Morgan fingerprint density at radius 1 is 1.02 bits per heavy atom. The van der Waals surface area contributed by atoms with Crippen molar-refractivity contribution in [2.24, 2.45) is 0 Å². The molecule has 55 heavy (non-hydrogen) atoms. The molecule has 6 heterocycles. The lowest BCUT2D eigenvalue weighted by Gasteiger charge is -2.56. The zero-order valence-electron chi connectivity index (χ0n) is 31.5. The molecule has 2 bridgehead atoms. The second kappa shape index (κ2) is 13.7. The largest absolute Gasteiger partial charge is 0.461 e. The van der Waals surface area contributed by atoms with Crippen molar-refractivity contribution in [3.63, 3.8) is 0 Å². The second-order valence-electron chi connectivity index (χ2n) is 16.3. The lowest BCUT2D eigenvalue weighted by Crippen LogP contribution is -2.70. The molecule has 4 aromatic rings. The van der Waals surface area contributed by atoms with Crippen molar-refractivity contribution in [1.82, 2.24) is 14.9 Å². The number of ether oxygens (including phenoxy) is 5. The minimum atomic E-state index is -0.825. The van der Waals surface area contributed by atoms with Gasteiger partial charge in [0.2, 0.25) is 0 Å². The van der Waals surface area contributed by atoms with Gasteiger partial charge in [-0.1, -0.05) is 0 Å². The quantitative estimate of drug-likeness (QED) is 0.205. The summed E-state index contributed by atoms with van der Waals surface area (Å²) in [4.78, 5) is 39.1. The van der Waals surface area contributed by atoms with Gasteiger partial charge < -0.3 is 33.5 Å². The molecule has 1 N–H and O–H groups in total. The molecule has 2 unspecified atom stereocenters. The first-order valence-corrected chi connectivity index (χ1v) is 19.2. The van der Waals surface area contributed by atoms with Crippen LogP contribution in [0.3, 0.4) is 0 Å². The van der Waals surface area contributed by atoms with E-state index in [2.05, 4.69) is 21.3 Å². The van der Waals surface area contributed by atoms with Crippen LogP contribution in [0.2, 0.25) is 0 Å². The lowest BCUT2D eigenvalue weighted by atomic mass is 9.86. The molecule has 0 spiro atoms. The van der Waals surface area contributed by atoms with Crippen molar-refractivity contribution in [2.45, 2.75) is 103 Å². The molecule has 8 rings (SSSR count). The SMILES string of the molecule is CC(C)(C)OC(=O)Nc1sc2ccc(F)c(-c3c4c(c5c(N6C7CC6CN(C(=O)OC(C)(C)C)C7)nc(OC[C@H]6CCCO6)nc5c3F)COC4)c2c1C#N. The third-order valence-electron chi connectivity index (χ3n) is 10.1. The molecular weight excluding hydrogens is 735 g/mol. The van der Waals surface area contributed by atoms with Gasteiger partial charge in [-0.2, -0.15) is 15.2 Å². The van der Waals surface area contributed by atoms with E-state index < -0.39 is 35.0 Å². The topological polar surface area (TPSA) is 148 Å². The molecule has 3 atom stereocenters. The molecule has 3 saturated heterocycles. The number of amides is 2. The molecule has 0 radical (unpaired) electrons. The summed E-state index contributed by atoms with van der Waals surface area (Å²) < 4.78 is 63.3. The minimum Gasteiger partial charge on any atom is -0.461 e. The maximum absolute atomic E-state index is 17.6. The van der Waals surface area contributed by atoms with Gasteiger partial charge in [-0.3, -0.25) is 5.32 Å². The highest BCUT2D eigenvalue weighted by atomic mass is 32.1. The summed E-state index contributed by atoms with van der Waals surface area (Å²) in [5.74, 6) is -1.14. The van der Waals surface area contributed by atoms with Gasteiger partial charge in [0.05, 0.1) is 42.4 Å². The van der Waals surface area contributed by atoms with Crippen LogP contribution in [0.5, 0.6) is 6.01 Å². The standard InChI is InChI=1S/C39H42F2N6O7S/c1-38(2,3)53-36(48)45-34-22(13-42)27-26(55-34)10-9-25(40)30(27)28-23-17-50-18-24(23)29-32(31(28)41)43-35(52-16-21-8-7-11-51-21)44-33(29)47-19-12-20(47)15-46(14-19)37(49)54-39(4,5)6/h9-10,19-21H,7-8,11-12,14-18H2,1-6H3,(H,45,48)/t19?,20?,21-/m1/s1. The smallest absolute Gasteiger partial charge is 0.412 e. The number of carbonyl (C=O) groups is 2. The Morgan fingerprint density at radius 2 is 1.75 bits per heavy atom. The minimum absolute atomic E-state index is 0.0283. The number of benzene rings is 2. The lowest BCUT2D eigenvalue weighted by molar-refractivity contribution is 0.00841. The molecule has 290 valence electrons. The molecule has 13 nitrogen and oxygen atoms in total. The number of fused-ring (bicyclic) bond motifs is 6. The number of halogens is 2. The van der Waals surface area contributed by atoms with Crippen LogP contribution >= 0.6 is 11.3 Å². The van der Waals surface area contributed by atoms with Crippen molar-refractivity contribution in [3.05, 3.63) is 40.5 Å². The highest BCUT2D eigenvalue weighted by molar-refractivity contribution is 7.23. The van der Waals surface area contributed by atoms with Gasteiger partial charge in [-0.05, 0) is 84.1 Å². The maximum atomic E-state index is 17.6. The number of rotatable bonds is 6. The number of hydrogen-bond acceptors (Lipinski definition) is 12. The number of hydrogen-bond donors (Lipinski definition) is 1. The summed E-state index contributed by atoms with van der Waals surface area (Å²) in [6.07, 6.45) is 1.14. The highest BCUT2D eigenvalue weighted by Crippen LogP contribution is 2.50. The Bertz CT molecular complexity index is 2260. The van der Waals surface area contributed by atoms with Gasteiger partial charge in [0.1, 0.15) is 46.0 Å². The number of aromatic nitrogens is 2. The molecule has 4 aliphatic heterocycles. The third-order valence-corrected chi connectivity index (χ3v) is 11.1. The van der Waals surface area contributed by atoms with E-state index in [1.54, 1.807) is 25.7 Å². The number of nitriles is 1. The van der Waals surface area contributed by atoms with E-state index in [1.807, 2.05) is 20.8 Å². The van der Waals surface area contributed by atoms with Crippen molar-refractivity contribution >= 4 is 55.3 Å². The van der Waals surface area contributed by atoms with Crippen molar-refractivity contribution in [3.8, 4) is 23.2 Å². The number of anilines is 2. The average Bonchev–Trinajstić information content (AvgIpc) is 3.87. The number of thiophene rings is 1. The van der Waals surface area contributed by atoms with Gasteiger partial charge in [-0.25, -0.2) is 18.4 Å². The van der Waals surface area contributed by atoms with Gasteiger partial charge in [0, 0.05) is 40.9 Å². The zero-order valence-corrected chi connectivity index (χ0v) is 32.3. The number of nitrogens with one attached hydrogen (secondary N) is 1. The van der Waals surface area contributed by atoms with Crippen molar-refractivity contribution in [1.29, 1.82) is 5.26 Å². The molecule has 2 aromatic heterocycles. The summed E-state index contributed by atoms with van der Waals surface area (Å²) >= 11 is 1.06. The first-order valence-electron chi connectivity index (χ1n) is 18.4. The molecule has 0 saturated carbocycles.